The standard InChI is InChI=1S/C9H14O3S/c1-7-5-8-3-2-4-9(8)12-13(10,11)6-7/h8-9H,1-6H2/t8-,9+/m1/s1. The summed E-state index contributed by atoms with van der Waals surface area (Å²) >= 11 is 0. The molecule has 4 heteroatoms. The topological polar surface area (TPSA) is 43.4 Å². The van der Waals surface area contributed by atoms with Crippen LogP contribution in [-0.4, -0.2) is 20.3 Å². The van der Waals surface area contributed by atoms with Crippen molar-refractivity contribution in [2.24, 2.45) is 5.92 Å². The summed E-state index contributed by atoms with van der Waals surface area (Å²) in [5.41, 5.74) is 0.800. The van der Waals surface area contributed by atoms with Crippen LogP contribution in [0.5, 0.6) is 0 Å². The minimum absolute atomic E-state index is 0.0139. The van der Waals surface area contributed by atoms with Crippen molar-refractivity contribution in [3.05, 3.63) is 12.2 Å². The second kappa shape index (κ2) is 3.10. The maximum atomic E-state index is 11.3. The van der Waals surface area contributed by atoms with Gasteiger partial charge >= 0.3 is 0 Å². The van der Waals surface area contributed by atoms with Gasteiger partial charge < -0.3 is 0 Å². The fraction of sp³-hybridized carbons (Fsp3) is 0.778. The van der Waals surface area contributed by atoms with E-state index < -0.39 is 10.1 Å². The van der Waals surface area contributed by atoms with Gasteiger partial charge in [-0.1, -0.05) is 18.6 Å². The summed E-state index contributed by atoms with van der Waals surface area (Å²) in [6, 6.07) is 0. The largest absolute Gasteiger partial charge is 0.271 e. The van der Waals surface area contributed by atoms with Crippen LogP contribution in [-0.2, 0) is 14.3 Å². The summed E-state index contributed by atoms with van der Waals surface area (Å²) in [7, 11) is -3.32. The molecule has 13 heavy (non-hydrogen) atoms. The zero-order valence-corrected chi connectivity index (χ0v) is 8.35. The van der Waals surface area contributed by atoms with Gasteiger partial charge in [0.25, 0.3) is 10.1 Å². The molecule has 0 aromatic carbocycles. The highest BCUT2D eigenvalue weighted by Gasteiger charge is 2.35. The smallest absolute Gasteiger partial charge is 0.266 e. The van der Waals surface area contributed by atoms with Crippen molar-refractivity contribution in [2.45, 2.75) is 31.8 Å². The average Bonchev–Trinajstić information content (AvgIpc) is 2.30. The fourth-order valence-corrected chi connectivity index (χ4v) is 3.58. The predicted molar refractivity (Wildman–Crippen MR) is 49.8 cm³/mol. The van der Waals surface area contributed by atoms with Gasteiger partial charge in [0.15, 0.2) is 0 Å². The summed E-state index contributed by atoms with van der Waals surface area (Å²) in [4.78, 5) is 0. The SMILES string of the molecule is C=C1C[C@H]2CCC[C@@H]2OS(=O)(=O)C1. The minimum Gasteiger partial charge on any atom is -0.266 e. The van der Waals surface area contributed by atoms with Gasteiger partial charge in [-0.15, -0.1) is 0 Å². The van der Waals surface area contributed by atoms with Crippen LogP contribution in [0.3, 0.4) is 0 Å². The van der Waals surface area contributed by atoms with Crippen molar-refractivity contribution in [2.75, 3.05) is 5.75 Å². The minimum atomic E-state index is -3.32. The zero-order chi connectivity index (χ0) is 9.47. The van der Waals surface area contributed by atoms with Crippen LogP contribution in [0.15, 0.2) is 12.2 Å². The Hall–Kier alpha value is -0.350. The molecule has 1 aliphatic heterocycles. The normalized spacial score (nSPS) is 38.3. The van der Waals surface area contributed by atoms with E-state index in [9.17, 15) is 8.42 Å². The monoisotopic (exact) mass is 202 g/mol. The molecule has 0 N–H and O–H groups in total. The molecule has 1 aliphatic carbocycles. The van der Waals surface area contributed by atoms with Crippen LogP contribution in [0.1, 0.15) is 25.7 Å². The molecule has 2 fully saturated rings. The fourth-order valence-electron chi connectivity index (χ4n) is 2.27. The molecule has 2 atom stereocenters. The Morgan fingerprint density at radius 2 is 2.15 bits per heavy atom. The molecule has 1 saturated carbocycles. The Balaban J connectivity index is 2.24. The van der Waals surface area contributed by atoms with Crippen LogP contribution >= 0.6 is 0 Å². The van der Waals surface area contributed by atoms with Gasteiger partial charge in [0.05, 0.1) is 11.9 Å². The van der Waals surface area contributed by atoms with Gasteiger partial charge in [0.2, 0.25) is 0 Å². The first-order valence-electron chi connectivity index (χ1n) is 4.64. The van der Waals surface area contributed by atoms with Crippen molar-refractivity contribution in [3.63, 3.8) is 0 Å². The number of rotatable bonds is 0. The third-order valence-corrected chi connectivity index (χ3v) is 4.09. The average molecular weight is 202 g/mol. The van der Waals surface area contributed by atoms with Crippen molar-refractivity contribution in [1.29, 1.82) is 0 Å². The van der Waals surface area contributed by atoms with E-state index in [-0.39, 0.29) is 11.9 Å². The van der Waals surface area contributed by atoms with E-state index in [0.29, 0.717) is 5.92 Å². The molecule has 0 spiro atoms. The molecule has 0 aromatic heterocycles. The number of hydrogen-bond donors (Lipinski definition) is 0. The van der Waals surface area contributed by atoms with Crippen molar-refractivity contribution >= 4 is 10.1 Å². The molecule has 1 heterocycles. The highest BCUT2D eigenvalue weighted by Crippen LogP contribution is 2.36. The molecule has 0 aromatic rings. The molecule has 2 aliphatic rings. The number of fused-ring (bicyclic) bond motifs is 1. The lowest BCUT2D eigenvalue weighted by Crippen LogP contribution is -2.19. The highest BCUT2D eigenvalue weighted by molar-refractivity contribution is 7.86. The van der Waals surface area contributed by atoms with E-state index in [4.69, 9.17) is 4.18 Å². The van der Waals surface area contributed by atoms with Crippen molar-refractivity contribution in [3.8, 4) is 0 Å². The van der Waals surface area contributed by atoms with Gasteiger partial charge in [-0.25, -0.2) is 0 Å². The molecule has 3 nitrogen and oxygen atoms in total. The molecule has 1 saturated heterocycles. The summed E-state index contributed by atoms with van der Waals surface area (Å²) in [5, 5.41) is 0. The van der Waals surface area contributed by atoms with E-state index in [1.54, 1.807) is 0 Å². The Kier molecular flexibility index (Phi) is 2.20. The second-order valence-corrected chi connectivity index (χ2v) is 5.58. The van der Waals surface area contributed by atoms with Gasteiger partial charge in [-0.05, 0) is 25.2 Å². The summed E-state index contributed by atoms with van der Waals surface area (Å²) in [5.74, 6) is 0.407. The summed E-state index contributed by atoms with van der Waals surface area (Å²) < 4.78 is 27.8. The van der Waals surface area contributed by atoms with Crippen LogP contribution in [0.2, 0.25) is 0 Å². The molecule has 74 valence electrons. The van der Waals surface area contributed by atoms with E-state index in [1.165, 1.54) is 0 Å². The van der Waals surface area contributed by atoms with Gasteiger partial charge in [-0.3, -0.25) is 4.18 Å². The van der Waals surface area contributed by atoms with Crippen molar-refractivity contribution < 1.29 is 12.6 Å². The molecule has 0 unspecified atom stereocenters. The Labute approximate surface area is 78.9 Å². The molecular weight excluding hydrogens is 188 g/mol. The zero-order valence-electron chi connectivity index (χ0n) is 7.53. The third kappa shape index (κ3) is 1.94. The third-order valence-electron chi connectivity index (χ3n) is 2.79. The summed E-state index contributed by atoms with van der Waals surface area (Å²) in [6.07, 6.45) is 3.81. The first-order chi connectivity index (χ1) is 6.07. The molecule has 2 rings (SSSR count). The van der Waals surface area contributed by atoms with E-state index >= 15 is 0 Å². The molecule has 0 bridgehead atoms. The lowest BCUT2D eigenvalue weighted by Gasteiger charge is -2.13. The predicted octanol–water partition coefficient (Wildman–Crippen LogP) is 1.46. The second-order valence-electron chi connectivity index (χ2n) is 3.98. The lowest BCUT2D eigenvalue weighted by molar-refractivity contribution is 0.173. The highest BCUT2D eigenvalue weighted by atomic mass is 32.2. The first-order valence-corrected chi connectivity index (χ1v) is 6.22. The van der Waals surface area contributed by atoms with Crippen LogP contribution in [0.4, 0.5) is 0 Å². The maximum absolute atomic E-state index is 11.3. The van der Waals surface area contributed by atoms with Crippen molar-refractivity contribution in [1.82, 2.24) is 0 Å². The van der Waals surface area contributed by atoms with Crippen LogP contribution in [0, 0.1) is 5.92 Å². The van der Waals surface area contributed by atoms with Gasteiger partial charge in [-0.2, -0.15) is 8.42 Å². The van der Waals surface area contributed by atoms with Crippen LogP contribution < -0.4 is 0 Å². The van der Waals surface area contributed by atoms with E-state index in [0.717, 1.165) is 31.3 Å². The molecule has 0 radical (unpaired) electrons. The Morgan fingerprint density at radius 1 is 1.38 bits per heavy atom. The first kappa shape index (κ1) is 9.21. The maximum Gasteiger partial charge on any atom is 0.271 e. The van der Waals surface area contributed by atoms with Gasteiger partial charge in [0, 0.05) is 0 Å². The van der Waals surface area contributed by atoms with E-state index in [2.05, 4.69) is 6.58 Å². The van der Waals surface area contributed by atoms with Crippen LogP contribution in [0.25, 0.3) is 0 Å². The van der Waals surface area contributed by atoms with E-state index in [1.807, 2.05) is 0 Å². The Bertz CT molecular complexity index is 318. The Morgan fingerprint density at radius 3 is 2.92 bits per heavy atom. The molecular formula is C9H14O3S. The summed E-state index contributed by atoms with van der Waals surface area (Å²) in [6.45, 7) is 3.77. The lowest BCUT2D eigenvalue weighted by atomic mass is 9.98. The number of hydrogen-bond acceptors (Lipinski definition) is 3. The quantitative estimate of drug-likeness (QED) is 0.441. The molecule has 0 amide bonds. The van der Waals surface area contributed by atoms with Gasteiger partial charge in [0.1, 0.15) is 0 Å².